The first-order chi connectivity index (χ1) is 12.6. The van der Waals surface area contributed by atoms with Crippen LogP contribution in [0.1, 0.15) is 36.4 Å². The van der Waals surface area contributed by atoms with E-state index in [1.165, 1.54) is 0 Å². The van der Waals surface area contributed by atoms with E-state index >= 15 is 8.63 Å². The molecular weight excluding hydrogens is 348 g/mol. The summed E-state index contributed by atoms with van der Waals surface area (Å²) in [7, 11) is -1.55. The highest BCUT2D eigenvalue weighted by Crippen LogP contribution is 2.41. The number of aromatic nitrogens is 1. The Balaban J connectivity index is 1.93. The van der Waals surface area contributed by atoms with E-state index in [2.05, 4.69) is 0 Å². The summed E-state index contributed by atoms with van der Waals surface area (Å²) in [5.41, 5.74) is 5.62. The van der Waals surface area contributed by atoms with Gasteiger partial charge in [-0.05, 0) is 49.1 Å². The summed E-state index contributed by atoms with van der Waals surface area (Å²) in [6, 6.07) is 8.45. The molecule has 3 heterocycles. The average Bonchev–Trinajstić information content (AvgIpc) is 3.02. The van der Waals surface area contributed by atoms with Crippen LogP contribution in [-0.4, -0.2) is 38.8 Å². The second-order valence-electron chi connectivity index (χ2n) is 7.29. The molecule has 4 nitrogen and oxygen atoms in total. The van der Waals surface area contributed by atoms with Crippen LogP contribution in [0.2, 0.25) is 0 Å². The van der Waals surface area contributed by atoms with Crippen molar-refractivity contribution in [2.75, 3.05) is 0 Å². The first-order valence-electron chi connectivity index (χ1n) is 8.88. The number of fused-ring (bicyclic) bond motifs is 2. The van der Waals surface area contributed by atoms with E-state index in [4.69, 9.17) is 0 Å². The molecule has 0 saturated carbocycles. The molecule has 2 aliphatic rings. The maximum absolute atomic E-state index is 15.5. The molecule has 0 amide bonds. The Labute approximate surface area is 157 Å². The lowest BCUT2D eigenvalue weighted by Crippen LogP contribution is -2.50. The lowest BCUT2D eigenvalue weighted by atomic mass is 9.79. The Morgan fingerprint density at radius 2 is 1.67 bits per heavy atom. The highest BCUT2D eigenvalue weighted by molar-refractivity contribution is 6.59. The van der Waals surface area contributed by atoms with Crippen molar-refractivity contribution in [1.29, 1.82) is 0 Å². The van der Waals surface area contributed by atoms with Gasteiger partial charge in [0.25, 0.3) is 0 Å². The van der Waals surface area contributed by atoms with Gasteiger partial charge in [0.2, 0.25) is 0 Å². The summed E-state index contributed by atoms with van der Waals surface area (Å²) in [5, 5.41) is 18.5. The topological polar surface area (TPSA) is 48.4 Å². The summed E-state index contributed by atoms with van der Waals surface area (Å²) in [4.78, 5) is 0. The maximum atomic E-state index is 15.5. The summed E-state index contributed by atoms with van der Waals surface area (Å²) in [6.07, 6.45) is 1.83. The van der Waals surface area contributed by atoms with Crippen molar-refractivity contribution in [2.45, 2.75) is 27.7 Å². The molecule has 2 aromatic rings. The van der Waals surface area contributed by atoms with Gasteiger partial charge in [-0.25, -0.2) is 0 Å². The molecule has 138 valence electrons. The number of hydrogen-bond acceptors (Lipinski definition) is 2. The van der Waals surface area contributed by atoms with Gasteiger partial charge >= 0.3 is 14.1 Å². The SMILES string of the molecule is CC1=C(c2ccc(B(O)O)cc2)C(C)=[N+]2C1=Cc1c(C)cc(C)n1[B-]2(F)F. The fraction of sp³-hybridized carbons (Fsp3) is 0.211. The molecule has 0 saturated heterocycles. The third kappa shape index (κ3) is 2.40. The van der Waals surface area contributed by atoms with Crippen molar-refractivity contribution in [1.82, 2.24) is 4.48 Å². The smallest absolute Gasteiger partial charge is 0.423 e. The fourth-order valence-electron chi connectivity index (χ4n) is 4.38. The highest BCUT2D eigenvalue weighted by atomic mass is 19.2. The summed E-state index contributed by atoms with van der Waals surface area (Å²) < 4.78 is 33.3. The van der Waals surface area contributed by atoms with Crippen LogP contribution in [0, 0.1) is 13.8 Å². The van der Waals surface area contributed by atoms with Gasteiger partial charge < -0.3 is 27.6 Å². The zero-order chi connectivity index (χ0) is 19.7. The average molecular weight is 368 g/mol. The minimum absolute atomic E-state index is 0.362. The number of allylic oxidation sites excluding steroid dienone is 2. The lowest BCUT2D eigenvalue weighted by Gasteiger charge is -2.30. The van der Waals surface area contributed by atoms with Gasteiger partial charge in [-0.2, -0.15) is 0 Å². The summed E-state index contributed by atoms with van der Waals surface area (Å²) in [5.74, 6) is 0. The van der Waals surface area contributed by atoms with E-state index in [-0.39, 0.29) is 0 Å². The van der Waals surface area contributed by atoms with Crippen LogP contribution in [0.3, 0.4) is 0 Å². The number of aryl methyl sites for hydroxylation is 2. The Morgan fingerprint density at radius 1 is 1.04 bits per heavy atom. The van der Waals surface area contributed by atoms with Gasteiger partial charge in [0.15, 0.2) is 5.70 Å². The van der Waals surface area contributed by atoms with E-state index in [9.17, 15) is 10.0 Å². The van der Waals surface area contributed by atoms with Crippen molar-refractivity contribution in [3.8, 4) is 0 Å². The van der Waals surface area contributed by atoms with Crippen LogP contribution in [-0.2, 0) is 0 Å². The van der Waals surface area contributed by atoms with Crippen molar-refractivity contribution >= 4 is 36.9 Å². The molecule has 4 rings (SSSR count). The van der Waals surface area contributed by atoms with Crippen LogP contribution < -0.4 is 5.46 Å². The van der Waals surface area contributed by atoms with E-state index < -0.39 is 14.1 Å². The Morgan fingerprint density at radius 3 is 2.26 bits per heavy atom. The number of benzene rings is 1. The molecule has 0 fully saturated rings. The maximum Gasteiger partial charge on any atom is 0.737 e. The molecule has 0 unspecified atom stereocenters. The summed E-state index contributed by atoms with van der Waals surface area (Å²) in [6.45, 7) is 3.13. The standard InChI is InChI=1S/C19H20B2F2N2O2/c1-11-9-12(2)24-17(11)10-18-13(3)19(14(4)25(18)21(24,22)23)15-5-7-16(8-6-15)20(26)27/h5-10,26-27H,1-4H3. The molecule has 0 spiro atoms. The van der Waals surface area contributed by atoms with Crippen molar-refractivity contribution in [2.24, 2.45) is 0 Å². The predicted molar refractivity (Wildman–Crippen MR) is 105 cm³/mol. The minimum atomic E-state index is -3.99. The Hall–Kier alpha value is -2.44. The van der Waals surface area contributed by atoms with Crippen LogP contribution in [0.15, 0.2) is 41.6 Å². The van der Waals surface area contributed by atoms with Crippen LogP contribution in [0.5, 0.6) is 0 Å². The lowest BCUT2D eigenvalue weighted by molar-refractivity contribution is -0.362. The van der Waals surface area contributed by atoms with Crippen molar-refractivity contribution in [3.63, 3.8) is 0 Å². The van der Waals surface area contributed by atoms with Gasteiger partial charge in [0.05, 0.1) is 5.57 Å². The van der Waals surface area contributed by atoms with Gasteiger partial charge in [0.1, 0.15) is 5.71 Å². The van der Waals surface area contributed by atoms with Gasteiger partial charge in [-0.3, -0.25) is 0 Å². The fourth-order valence-corrected chi connectivity index (χ4v) is 4.38. The number of hydrogen-bond donors (Lipinski definition) is 2. The molecule has 0 radical (unpaired) electrons. The van der Waals surface area contributed by atoms with Crippen LogP contribution in [0.4, 0.5) is 8.63 Å². The largest absolute Gasteiger partial charge is 0.737 e. The molecule has 1 aromatic heterocycles. The zero-order valence-corrected chi connectivity index (χ0v) is 15.7. The second-order valence-corrected chi connectivity index (χ2v) is 7.29. The molecule has 0 aliphatic carbocycles. The number of nitrogens with zero attached hydrogens (tertiary/aromatic N) is 2. The van der Waals surface area contributed by atoms with E-state index in [1.54, 1.807) is 44.2 Å². The predicted octanol–water partition coefficient (Wildman–Crippen LogP) is 2.32. The highest BCUT2D eigenvalue weighted by Gasteiger charge is 2.54. The first-order valence-corrected chi connectivity index (χ1v) is 8.88. The second kappa shape index (κ2) is 5.78. The van der Waals surface area contributed by atoms with Crippen LogP contribution in [0.25, 0.3) is 11.6 Å². The van der Waals surface area contributed by atoms with Gasteiger partial charge in [0, 0.05) is 24.3 Å². The number of halogens is 2. The number of rotatable bonds is 2. The van der Waals surface area contributed by atoms with E-state index in [1.807, 2.05) is 19.9 Å². The molecule has 27 heavy (non-hydrogen) atoms. The zero-order valence-electron chi connectivity index (χ0n) is 15.7. The minimum Gasteiger partial charge on any atom is -0.423 e. The van der Waals surface area contributed by atoms with Gasteiger partial charge in [-0.15, -0.1) is 0 Å². The monoisotopic (exact) mass is 368 g/mol. The Bertz CT molecular complexity index is 1060. The summed E-state index contributed by atoms with van der Waals surface area (Å²) >= 11 is 0. The molecule has 1 aromatic carbocycles. The molecule has 0 atom stereocenters. The quantitative estimate of drug-likeness (QED) is 0.800. The van der Waals surface area contributed by atoms with Crippen LogP contribution >= 0.6 is 0 Å². The normalized spacial score (nSPS) is 17.9. The first kappa shape index (κ1) is 17.9. The Kier molecular flexibility index (Phi) is 3.84. The molecule has 0 bridgehead atoms. The molecule has 8 heteroatoms. The molecule has 2 N–H and O–H groups in total. The van der Waals surface area contributed by atoms with Gasteiger partial charge in [-0.1, -0.05) is 24.3 Å². The molecular formula is C19H20B2F2N2O2. The third-order valence-corrected chi connectivity index (χ3v) is 5.60. The van der Waals surface area contributed by atoms with E-state index in [0.717, 1.165) is 31.2 Å². The molecule has 2 aliphatic heterocycles. The van der Waals surface area contributed by atoms with Crippen molar-refractivity contribution in [3.05, 3.63) is 64.1 Å². The van der Waals surface area contributed by atoms with E-state index in [0.29, 0.717) is 28.3 Å². The van der Waals surface area contributed by atoms with Crippen molar-refractivity contribution < 1.29 is 23.2 Å². The third-order valence-electron chi connectivity index (χ3n) is 5.60.